The molecule has 0 aromatic carbocycles. The molecule has 4 unspecified atom stereocenters. The predicted molar refractivity (Wildman–Crippen MR) is 170 cm³/mol. The van der Waals surface area contributed by atoms with Gasteiger partial charge in [-0.25, -0.2) is 4.79 Å². The number of hydrogen-bond acceptors (Lipinski definition) is 10. The van der Waals surface area contributed by atoms with Crippen molar-refractivity contribution < 1.29 is 45.8 Å². The Balaban J connectivity index is 1.54. The summed E-state index contributed by atoms with van der Waals surface area (Å²) in [5.74, 6) is 0.237. The van der Waals surface area contributed by atoms with Gasteiger partial charge in [0.2, 0.25) is 0 Å². The summed E-state index contributed by atoms with van der Waals surface area (Å²) in [6, 6.07) is 0. The Morgan fingerprint density at radius 3 is 2.47 bits per heavy atom. The lowest BCUT2D eigenvalue weighted by molar-refractivity contribution is -0.193. The number of allylic oxidation sites excluding steroid dienone is 1. The zero-order chi connectivity index (χ0) is 32.2. The molecule has 0 N–H and O–H groups in total. The number of rotatable bonds is 18. The fraction of sp³-hybridized carbons (Fsp3) is 0.853. The standard InChI is InChI=1S/C34H56O10S/c1-5-6-11-24(2)30(43-33-12-7-9-16-40-33)15-14-28-29-19-25(18-26(29)20-31(28)44-34-13-8-10-17-41-34)27(22-42-45(4,36)37)21-39-23-32(35)38-3/h14-15,19,24,26-31,33-34H,5-13,16-18,20-23H2,1-4H3/b15-14+/t24?,26-,27?,28+,29-,30+,31+,33?,34?/m0/s1. The lowest BCUT2D eigenvalue weighted by Gasteiger charge is -2.31. The van der Waals surface area contributed by atoms with Gasteiger partial charge >= 0.3 is 5.97 Å². The smallest absolute Gasteiger partial charge is 0.331 e. The number of ether oxygens (including phenoxy) is 6. The van der Waals surface area contributed by atoms with Crippen LogP contribution in [0.1, 0.15) is 84.5 Å². The minimum absolute atomic E-state index is 0.0102. The van der Waals surface area contributed by atoms with Crippen molar-refractivity contribution >= 4 is 16.1 Å². The average molecular weight is 657 g/mol. The van der Waals surface area contributed by atoms with E-state index in [0.29, 0.717) is 11.8 Å². The molecule has 0 radical (unpaired) electrons. The van der Waals surface area contributed by atoms with E-state index in [1.165, 1.54) is 7.11 Å². The number of carbonyl (C=O) groups is 1. The first-order valence-corrected chi connectivity index (χ1v) is 18.9. The molecule has 10 nitrogen and oxygen atoms in total. The van der Waals surface area contributed by atoms with Crippen LogP contribution in [0, 0.1) is 29.6 Å². The van der Waals surface area contributed by atoms with E-state index >= 15 is 0 Å². The highest BCUT2D eigenvalue weighted by molar-refractivity contribution is 7.85. The topological polar surface area (TPSA) is 116 Å². The van der Waals surface area contributed by atoms with Crippen molar-refractivity contribution in [1.29, 1.82) is 0 Å². The lowest BCUT2D eigenvalue weighted by Crippen LogP contribution is -2.32. The minimum atomic E-state index is -3.64. The van der Waals surface area contributed by atoms with Crippen molar-refractivity contribution in [2.24, 2.45) is 29.6 Å². The van der Waals surface area contributed by atoms with Crippen LogP contribution in [0.4, 0.5) is 0 Å². The van der Waals surface area contributed by atoms with E-state index in [-0.39, 0.29) is 62.4 Å². The second-order valence-electron chi connectivity index (χ2n) is 13.2. The maximum Gasteiger partial charge on any atom is 0.331 e. The van der Waals surface area contributed by atoms with Gasteiger partial charge in [-0.1, -0.05) is 50.5 Å². The molecule has 4 rings (SSSR count). The largest absolute Gasteiger partial charge is 0.467 e. The van der Waals surface area contributed by atoms with Crippen LogP contribution in [0.2, 0.25) is 0 Å². The summed E-state index contributed by atoms with van der Waals surface area (Å²) < 4.78 is 64.4. The molecular weight excluding hydrogens is 600 g/mol. The first-order chi connectivity index (χ1) is 21.7. The first kappa shape index (κ1) is 36.5. The van der Waals surface area contributed by atoms with Crippen molar-refractivity contribution in [2.45, 2.75) is 109 Å². The normalized spacial score (nSPS) is 31.0. The van der Waals surface area contributed by atoms with E-state index < -0.39 is 16.1 Å². The van der Waals surface area contributed by atoms with Crippen LogP contribution < -0.4 is 0 Å². The molecule has 0 amide bonds. The third kappa shape index (κ3) is 11.7. The Morgan fingerprint density at radius 1 is 1.09 bits per heavy atom. The van der Waals surface area contributed by atoms with Gasteiger partial charge in [-0.3, -0.25) is 4.18 Å². The molecule has 0 bridgehead atoms. The fourth-order valence-corrected chi connectivity index (χ4v) is 7.49. The minimum Gasteiger partial charge on any atom is -0.467 e. The van der Waals surface area contributed by atoms with Gasteiger partial charge in [0.05, 0.1) is 38.8 Å². The van der Waals surface area contributed by atoms with E-state index in [0.717, 1.165) is 95.7 Å². The van der Waals surface area contributed by atoms with Gasteiger partial charge < -0.3 is 28.4 Å². The summed E-state index contributed by atoms with van der Waals surface area (Å²) in [6.45, 7) is 5.89. The summed E-state index contributed by atoms with van der Waals surface area (Å²) in [5, 5.41) is 0. The Hall–Kier alpha value is -1.34. The highest BCUT2D eigenvalue weighted by atomic mass is 32.2. The van der Waals surface area contributed by atoms with Crippen molar-refractivity contribution in [2.75, 3.05) is 46.4 Å². The highest BCUT2D eigenvalue weighted by Gasteiger charge is 2.46. The molecule has 0 aromatic heterocycles. The van der Waals surface area contributed by atoms with E-state index in [1.54, 1.807) is 0 Å². The van der Waals surface area contributed by atoms with Crippen LogP contribution in [0.3, 0.4) is 0 Å². The SMILES string of the molecule is CCCCC(C)[C@@H](/C=C/[C@@H]1[C@H]2C=C(C(COCC(=O)OC)COS(C)(=O)=O)C[C@H]2C[C@H]1OC1CCCCO1)OC1CCCCO1. The molecule has 0 aromatic rings. The Kier molecular flexibility index (Phi) is 14.8. The summed E-state index contributed by atoms with van der Waals surface area (Å²) in [6.07, 6.45) is 18.7. The van der Waals surface area contributed by atoms with Crippen molar-refractivity contribution in [3.05, 3.63) is 23.8 Å². The summed E-state index contributed by atoms with van der Waals surface area (Å²) in [7, 11) is -2.33. The molecule has 2 aliphatic carbocycles. The third-order valence-electron chi connectivity index (χ3n) is 9.64. The molecule has 258 valence electrons. The number of esters is 1. The molecular formula is C34H56O10S. The molecule has 11 heteroatoms. The predicted octanol–water partition coefficient (Wildman–Crippen LogP) is 5.56. The van der Waals surface area contributed by atoms with Crippen LogP contribution >= 0.6 is 0 Å². The highest BCUT2D eigenvalue weighted by Crippen LogP contribution is 2.50. The summed E-state index contributed by atoms with van der Waals surface area (Å²) in [5.41, 5.74) is 1.10. The van der Waals surface area contributed by atoms with E-state index in [4.69, 9.17) is 32.6 Å². The molecule has 2 saturated heterocycles. The van der Waals surface area contributed by atoms with Crippen molar-refractivity contribution in [3.63, 3.8) is 0 Å². The Bertz CT molecular complexity index is 1060. The van der Waals surface area contributed by atoms with Gasteiger partial charge in [0.25, 0.3) is 10.1 Å². The van der Waals surface area contributed by atoms with Crippen LogP contribution in [0.5, 0.6) is 0 Å². The quantitative estimate of drug-likeness (QED) is 0.106. The van der Waals surface area contributed by atoms with E-state index in [2.05, 4.69) is 32.1 Å². The van der Waals surface area contributed by atoms with Crippen LogP contribution in [0.15, 0.2) is 23.8 Å². The lowest BCUT2D eigenvalue weighted by atomic mass is 9.90. The molecule has 9 atom stereocenters. The van der Waals surface area contributed by atoms with Crippen molar-refractivity contribution in [1.82, 2.24) is 0 Å². The zero-order valence-corrected chi connectivity index (χ0v) is 28.5. The number of methoxy groups -OCH3 is 1. The third-order valence-corrected chi connectivity index (χ3v) is 10.2. The monoisotopic (exact) mass is 656 g/mol. The van der Waals surface area contributed by atoms with Gasteiger partial charge in [0.15, 0.2) is 12.6 Å². The van der Waals surface area contributed by atoms with Gasteiger partial charge in [-0.15, -0.1) is 0 Å². The molecule has 1 saturated carbocycles. The molecule has 4 aliphatic rings. The van der Waals surface area contributed by atoms with Gasteiger partial charge in [-0.2, -0.15) is 8.42 Å². The van der Waals surface area contributed by atoms with E-state index in [1.807, 2.05) is 0 Å². The van der Waals surface area contributed by atoms with E-state index in [9.17, 15) is 13.2 Å². The van der Waals surface area contributed by atoms with Crippen LogP contribution in [-0.2, 0) is 47.5 Å². The van der Waals surface area contributed by atoms with Crippen molar-refractivity contribution in [3.8, 4) is 0 Å². The second-order valence-corrected chi connectivity index (χ2v) is 14.9. The number of fused-ring (bicyclic) bond motifs is 1. The van der Waals surface area contributed by atoms with Gasteiger partial charge in [-0.05, 0) is 75.5 Å². The van der Waals surface area contributed by atoms with Crippen LogP contribution in [0.25, 0.3) is 0 Å². The van der Waals surface area contributed by atoms with Gasteiger partial charge in [0.1, 0.15) is 6.61 Å². The summed E-state index contributed by atoms with van der Waals surface area (Å²) in [4.78, 5) is 11.7. The number of unbranched alkanes of at least 4 members (excludes halogenated alkanes) is 1. The Labute approximate surface area is 270 Å². The van der Waals surface area contributed by atoms with Gasteiger partial charge in [0, 0.05) is 25.0 Å². The molecule has 2 heterocycles. The zero-order valence-electron chi connectivity index (χ0n) is 27.7. The maximum absolute atomic E-state index is 11.9. The van der Waals surface area contributed by atoms with Crippen LogP contribution in [-0.4, -0.2) is 85.6 Å². The fourth-order valence-electron chi connectivity index (χ4n) is 7.08. The maximum atomic E-state index is 11.9. The first-order valence-electron chi connectivity index (χ1n) is 17.1. The molecule has 45 heavy (non-hydrogen) atoms. The molecule has 0 spiro atoms. The molecule has 3 fully saturated rings. The summed E-state index contributed by atoms with van der Waals surface area (Å²) >= 11 is 0. The number of hydrogen-bond donors (Lipinski definition) is 0. The second kappa shape index (κ2) is 18.3. The average Bonchev–Trinajstić information content (AvgIpc) is 3.57. The molecule has 2 aliphatic heterocycles. The number of carbonyl (C=O) groups excluding carboxylic acids is 1. The Morgan fingerprint density at radius 2 is 1.82 bits per heavy atom.